The van der Waals surface area contributed by atoms with Gasteiger partial charge in [0.25, 0.3) is 5.91 Å². The van der Waals surface area contributed by atoms with Crippen LogP contribution in [0.2, 0.25) is 0 Å². The third-order valence-electron chi connectivity index (χ3n) is 6.81. The van der Waals surface area contributed by atoms with Crippen molar-refractivity contribution in [3.63, 3.8) is 0 Å². The van der Waals surface area contributed by atoms with E-state index in [9.17, 15) is 18.0 Å². The van der Waals surface area contributed by atoms with Crippen molar-refractivity contribution in [2.45, 2.75) is 25.7 Å². The zero-order valence-electron chi connectivity index (χ0n) is 22.8. The number of likely N-dealkylation sites (N-methyl/N-ethyl adjacent to an activating group) is 1. The van der Waals surface area contributed by atoms with E-state index in [1.807, 2.05) is 53.9 Å². The van der Waals surface area contributed by atoms with Crippen molar-refractivity contribution in [1.82, 2.24) is 24.1 Å². The van der Waals surface area contributed by atoms with Crippen LogP contribution >= 0.6 is 0 Å². The van der Waals surface area contributed by atoms with Gasteiger partial charge in [0.2, 0.25) is 0 Å². The number of amides is 1. The van der Waals surface area contributed by atoms with Crippen molar-refractivity contribution in [3.05, 3.63) is 96.1 Å². The van der Waals surface area contributed by atoms with Crippen LogP contribution in [0.4, 0.5) is 13.2 Å². The molecule has 8 nitrogen and oxygen atoms in total. The molecule has 0 bridgehead atoms. The second-order valence-electron chi connectivity index (χ2n) is 10.0. The first-order valence-corrected chi connectivity index (χ1v) is 12.9. The lowest BCUT2D eigenvalue weighted by molar-refractivity contribution is -0.139. The zero-order chi connectivity index (χ0) is 29.3. The molecule has 0 aliphatic rings. The molecule has 11 heteroatoms. The number of alkyl halides is 3. The van der Waals surface area contributed by atoms with Crippen LogP contribution in [0.5, 0.6) is 5.75 Å². The minimum Gasteiger partial charge on any atom is -0.485 e. The number of hydrogen-bond donors (Lipinski definition) is 1. The Bertz CT molecular complexity index is 1710. The Morgan fingerprint density at radius 2 is 1.83 bits per heavy atom. The van der Waals surface area contributed by atoms with Crippen molar-refractivity contribution in [1.29, 1.82) is 0 Å². The molecule has 5 rings (SSSR count). The predicted octanol–water partition coefficient (Wildman–Crippen LogP) is 5.68. The minimum absolute atomic E-state index is 0.0480. The highest BCUT2D eigenvalue weighted by Crippen LogP contribution is 2.37. The number of halogens is 3. The first kappa shape index (κ1) is 27.9. The largest absolute Gasteiger partial charge is 0.485 e. The van der Waals surface area contributed by atoms with Crippen molar-refractivity contribution in [2.24, 2.45) is 5.73 Å². The smallest absolute Gasteiger partial charge is 0.416 e. The topological polar surface area (TPSA) is 90.7 Å². The van der Waals surface area contributed by atoms with E-state index in [-0.39, 0.29) is 16.9 Å². The average Bonchev–Trinajstić information content (AvgIpc) is 3.58. The molecule has 3 heterocycles. The summed E-state index contributed by atoms with van der Waals surface area (Å²) in [5, 5.41) is 4.44. The summed E-state index contributed by atoms with van der Waals surface area (Å²) in [5.41, 5.74) is 8.75. The number of benzene rings is 2. The van der Waals surface area contributed by atoms with E-state index in [4.69, 9.17) is 10.5 Å². The minimum atomic E-state index is -4.55. The number of rotatable bonds is 9. The molecule has 0 saturated carbocycles. The molecule has 1 amide bonds. The molecule has 41 heavy (non-hydrogen) atoms. The van der Waals surface area contributed by atoms with E-state index in [1.54, 1.807) is 18.3 Å². The van der Waals surface area contributed by atoms with Crippen LogP contribution in [0.1, 0.15) is 34.5 Å². The highest BCUT2D eigenvalue weighted by atomic mass is 19.4. The van der Waals surface area contributed by atoms with Gasteiger partial charge in [0.15, 0.2) is 0 Å². The lowest BCUT2D eigenvalue weighted by Crippen LogP contribution is -2.18. The maximum Gasteiger partial charge on any atom is 0.416 e. The number of carbonyl (C=O) groups is 1. The highest BCUT2D eigenvalue weighted by molar-refractivity contribution is 5.96. The van der Waals surface area contributed by atoms with Gasteiger partial charge in [-0.2, -0.15) is 18.3 Å². The van der Waals surface area contributed by atoms with Gasteiger partial charge in [0, 0.05) is 35.6 Å². The summed E-state index contributed by atoms with van der Waals surface area (Å²) in [6.45, 7) is 3.15. The van der Waals surface area contributed by atoms with Crippen LogP contribution in [0.25, 0.3) is 28.0 Å². The number of hydrogen-bond acceptors (Lipinski definition) is 5. The standard InChI is InChI=1S/C30H29F3N6O2/c1-19(23-6-4-5-7-25(23)30(31,32)33)41-27-14-21(8-9-24(27)29(34)40)26-17-35-28-15-20(10-11-39(26)28)22-16-36-38(18-22)13-12-37(2)3/h4-11,14-19H,12-13H2,1-3H3,(H2,34,40)/t19-/m1/s1. The fourth-order valence-corrected chi connectivity index (χ4v) is 4.66. The van der Waals surface area contributed by atoms with Gasteiger partial charge in [-0.3, -0.25) is 13.9 Å². The van der Waals surface area contributed by atoms with Crippen molar-refractivity contribution < 1.29 is 22.7 Å². The molecule has 0 aliphatic carbocycles. The van der Waals surface area contributed by atoms with Crippen LogP contribution in [-0.2, 0) is 12.7 Å². The molecule has 3 aromatic heterocycles. The van der Waals surface area contributed by atoms with Gasteiger partial charge in [-0.1, -0.05) is 24.3 Å². The van der Waals surface area contributed by atoms with Crippen molar-refractivity contribution >= 4 is 11.6 Å². The third-order valence-corrected chi connectivity index (χ3v) is 6.81. The summed E-state index contributed by atoms with van der Waals surface area (Å²) >= 11 is 0. The summed E-state index contributed by atoms with van der Waals surface area (Å²) in [6.07, 6.45) is 1.81. The molecular weight excluding hydrogens is 533 g/mol. The van der Waals surface area contributed by atoms with E-state index < -0.39 is 23.8 Å². The molecule has 212 valence electrons. The lowest BCUT2D eigenvalue weighted by Gasteiger charge is -2.21. The maximum absolute atomic E-state index is 13.6. The SMILES string of the molecule is C[C@@H](Oc1cc(-c2cnc3cc(-c4cnn(CCN(C)C)c4)ccn23)ccc1C(N)=O)c1ccccc1C(F)(F)F. The van der Waals surface area contributed by atoms with Crippen molar-refractivity contribution in [3.8, 4) is 28.1 Å². The van der Waals surface area contributed by atoms with Gasteiger partial charge in [0.05, 0.1) is 35.8 Å². The zero-order valence-corrected chi connectivity index (χ0v) is 22.8. The Labute approximate surface area is 234 Å². The fraction of sp³-hybridized carbons (Fsp3) is 0.233. The summed E-state index contributed by atoms with van der Waals surface area (Å²) in [5.74, 6) is -0.673. The van der Waals surface area contributed by atoms with Gasteiger partial charge in [-0.15, -0.1) is 0 Å². The average molecular weight is 563 g/mol. The lowest BCUT2D eigenvalue weighted by atomic mass is 10.0. The summed E-state index contributed by atoms with van der Waals surface area (Å²) in [4.78, 5) is 18.8. The van der Waals surface area contributed by atoms with E-state index in [0.29, 0.717) is 16.9 Å². The van der Waals surface area contributed by atoms with Gasteiger partial charge < -0.3 is 15.4 Å². The molecule has 1 atom stereocenters. The number of imidazole rings is 1. The third kappa shape index (κ3) is 5.94. The van der Waals surface area contributed by atoms with Gasteiger partial charge in [-0.25, -0.2) is 4.98 Å². The van der Waals surface area contributed by atoms with Gasteiger partial charge in [0.1, 0.15) is 17.5 Å². The first-order chi connectivity index (χ1) is 19.5. The molecule has 0 spiro atoms. The molecule has 0 radical (unpaired) electrons. The number of nitrogens with zero attached hydrogens (tertiary/aromatic N) is 5. The molecule has 2 N–H and O–H groups in total. The van der Waals surface area contributed by atoms with Crippen LogP contribution in [-0.4, -0.2) is 50.6 Å². The van der Waals surface area contributed by atoms with Crippen LogP contribution in [0.3, 0.4) is 0 Å². The quantitative estimate of drug-likeness (QED) is 0.250. The molecule has 5 aromatic rings. The molecule has 0 unspecified atom stereocenters. The monoisotopic (exact) mass is 562 g/mol. The first-order valence-electron chi connectivity index (χ1n) is 12.9. The van der Waals surface area contributed by atoms with E-state index in [1.165, 1.54) is 31.2 Å². The van der Waals surface area contributed by atoms with E-state index >= 15 is 0 Å². The van der Waals surface area contributed by atoms with Crippen LogP contribution < -0.4 is 10.5 Å². The Morgan fingerprint density at radius 1 is 1.05 bits per heavy atom. The number of carbonyl (C=O) groups excluding carboxylic acids is 1. The highest BCUT2D eigenvalue weighted by Gasteiger charge is 2.34. The Kier molecular flexibility index (Phi) is 7.55. The molecule has 2 aromatic carbocycles. The second-order valence-corrected chi connectivity index (χ2v) is 10.0. The van der Waals surface area contributed by atoms with Crippen molar-refractivity contribution in [2.75, 3.05) is 20.6 Å². The number of primary amides is 1. The molecule has 0 aliphatic heterocycles. The van der Waals surface area contributed by atoms with Crippen LogP contribution in [0.15, 0.2) is 79.4 Å². The number of ether oxygens (including phenoxy) is 1. The number of fused-ring (bicyclic) bond motifs is 1. The maximum atomic E-state index is 13.6. The summed E-state index contributed by atoms with van der Waals surface area (Å²) in [6, 6.07) is 13.9. The molecule has 0 fully saturated rings. The van der Waals surface area contributed by atoms with E-state index in [2.05, 4.69) is 15.0 Å². The Balaban J connectivity index is 1.46. The normalized spacial score (nSPS) is 12.7. The van der Waals surface area contributed by atoms with E-state index in [0.717, 1.165) is 30.3 Å². The molecular formula is C30H29F3N6O2. The predicted molar refractivity (Wildman–Crippen MR) is 149 cm³/mol. The summed E-state index contributed by atoms with van der Waals surface area (Å²) < 4.78 is 50.6. The van der Waals surface area contributed by atoms with Gasteiger partial charge in [-0.05, 0) is 56.9 Å². The fourth-order valence-electron chi connectivity index (χ4n) is 4.66. The number of pyridine rings is 1. The summed E-state index contributed by atoms with van der Waals surface area (Å²) in [7, 11) is 4.02. The number of aromatic nitrogens is 4. The molecule has 0 saturated heterocycles. The Morgan fingerprint density at radius 3 is 2.56 bits per heavy atom. The van der Waals surface area contributed by atoms with Gasteiger partial charge >= 0.3 is 6.18 Å². The van der Waals surface area contributed by atoms with Crippen LogP contribution in [0, 0.1) is 0 Å². The number of nitrogens with two attached hydrogens (primary N) is 1. The Hall–Kier alpha value is -4.64. The second kappa shape index (κ2) is 11.1.